The number of benzene rings is 1. The molecule has 3 rings (SSSR count). The normalized spacial score (nSPS) is 10.9. The monoisotopic (exact) mass is 378 g/mol. The van der Waals surface area contributed by atoms with Crippen molar-refractivity contribution < 1.29 is 9.59 Å². The molecule has 0 radical (unpaired) electrons. The lowest BCUT2D eigenvalue weighted by Crippen LogP contribution is -2.29. The van der Waals surface area contributed by atoms with Crippen LogP contribution in [-0.4, -0.2) is 39.7 Å². The Kier molecular flexibility index (Phi) is 5.78. The van der Waals surface area contributed by atoms with E-state index < -0.39 is 0 Å². The minimum atomic E-state index is -0.323. The molecule has 0 unspecified atom stereocenters. The Labute approximate surface area is 165 Å². The van der Waals surface area contributed by atoms with Gasteiger partial charge < -0.3 is 10.2 Å². The molecule has 0 saturated carbocycles. The van der Waals surface area contributed by atoms with Crippen LogP contribution >= 0.6 is 0 Å². The molecule has 2 amide bonds. The molecule has 1 aromatic carbocycles. The van der Waals surface area contributed by atoms with Gasteiger partial charge in [-0.2, -0.15) is 0 Å². The number of hydrogen-bond donors (Lipinski definition) is 1. The topological polar surface area (TPSA) is 66.7 Å². The van der Waals surface area contributed by atoms with Gasteiger partial charge in [-0.05, 0) is 43.5 Å². The number of para-hydroxylation sites is 1. The number of hydrogen-bond acceptors (Lipinski definition) is 3. The molecule has 146 valence electrons. The molecule has 0 fully saturated rings. The van der Waals surface area contributed by atoms with Gasteiger partial charge in [-0.3, -0.25) is 14.0 Å². The van der Waals surface area contributed by atoms with E-state index in [1.54, 1.807) is 28.6 Å². The minimum Gasteiger partial charge on any atom is -0.339 e. The second-order valence-corrected chi connectivity index (χ2v) is 7.04. The summed E-state index contributed by atoms with van der Waals surface area (Å²) in [6, 6.07) is 11.3. The van der Waals surface area contributed by atoms with Crippen LogP contribution in [-0.2, 0) is 0 Å². The molecule has 0 saturated heterocycles. The quantitative estimate of drug-likeness (QED) is 0.703. The maximum absolute atomic E-state index is 13.0. The van der Waals surface area contributed by atoms with Crippen LogP contribution < -0.4 is 5.32 Å². The zero-order valence-corrected chi connectivity index (χ0v) is 16.8. The third kappa shape index (κ3) is 3.76. The van der Waals surface area contributed by atoms with Crippen LogP contribution in [0.15, 0.2) is 42.6 Å². The van der Waals surface area contributed by atoms with Gasteiger partial charge in [0, 0.05) is 25.5 Å². The lowest BCUT2D eigenvalue weighted by molar-refractivity contribution is 0.0780. The predicted molar refractivity (Wildman–Crippen MR) is 111 cm³/mol. The Bertz CT molecular complexity index is 1000. The number of pyridine rings is 1. The molecule has 0 aliphatic rings. The lowest BCUT2D eigenvalue weighted by atomic mass is 10.1. The van der Waals surface area contributed by atoms with Gasteiger partial charge in [0.05, 0.1) is 5.52 Å². The van der Waals surface area contributed by atoms with Crippen molar-refractivity contribution in [3.05, 3.63) is 65.2 Å². The summed E-state index contributed by atoms with van der Waals surface area (Å²) in [7, 11) is 1.76. The Morgan fingerprint density at radius 1 is 1.11 bits per heavy atom. The number of unbranched alkanes of at least 4 members (excludes halogenated alkanes) is 1. The second-order valence-electron chi connectivity index (χ2n) is 7.04. The summed E-state index contributed by atoms with van der Waals surface area (Å²) < 4.78 is 1.68. The first-order valence-corrected chi connectivity index (χ1v) is 9.54. The number of imidazole rings is 1. The van der Waals surface area contributed by atoms with Crippen LogP contribution in [0.25, 0.3) is 5.52 Å². The van der Waals surface area contributed by atoms with Gasteiger partial charge in [0.1, 0.15) is 0 Å². The summed E-state index contributed by atoms with van der Waals surface area (Å²) in [6.07, 6.45) is 3.69. The fourth-order valence-corrected chi connectivity index (χ4v) is 3.21. The molecule has 2 aromatic heterocycles. The zero-order chi connectivity index (χ0) is 20.3. The number of rotatable bonds is 6. The van der Waals surface area contributed by atoms with Gasteiger partial charge >= 0.3 is 0 Å². The predicted octanol–water partition coefficient (Wildman–Crippen LogP) is 4.08. The third-order valence-electron chi connectivity index (χ3n) is 4.87. The molecule has 2 heterocycles. The molecule has 0 bridgehead atoms. The molecule has 28 heavy (non-hydrogen) atoms. The minimum absolute atomic E-state index is 0.194. The van der Waals surface area contributed by atoms with E-state index in [4.69, 9.17) is 0 Å². The number of fused-ring (bicyclic) bond motifs is 1. The summed E-state index contributed by atoms with van der Waals surface area (Å²) >= 11 is 0. The SMILES string of the molecule is CCCCN(C)C(=O)c1nc(C(=O)Nc2c(C)cccc2C)c2ccccn12. The molecule has 0 spiro atoms. The number of amides is 2. The van der Waals surface area contributed by atoms with E-state index in [9.17, 15) is 9.59 Å². The average molecular weight is 378 g/mol. The van der Waals surface area contributed by atoms with Crippen molar-refractivity contribution in [1.29, 1.82) is 0 Å². The number of aryl methyl sites for hydroxylation is 2. The Hall–Kier alpha value is -3.15. The van der Waals surface area contributed by atoms with E-state index >= 15 is 0 Å². The highest BCUT2D eigenvalue weighted by atomic mass is 16.2. The first-order valence-electron chi connectivity index (χ1n) is 9.54. The number of carbonyl (C=O) groups is 2. The van der Waals surface area contributed by atoms with Crippen LogP contribution in [0.2, 0.25) is 0 Å². The van der Waals surface area contributed by atoms with Gasteiger partial charge in [0.25, 0.3) is 11.8 Å². The number of anilines is 1. The summed E-state index contributed by atoms with van der Waals surface area (Å²) in [6.45, 7) is 6.64. The van der Waals surface area contributed by atoms with E-state index in [2.05, 4.69) is 17.2 Å². The molecule has 0 aliphatic carbocycles. The summed E-state index contributed by atoms with van der Waals surface area (Å²) in [5.74, 6) is -0.266. The molecule has 3 aromatic rings. The van der Waals surface area contributed by atoms with Gasteiger partial charge in [0.2, 0.25) is 5.82 Å². The highest BCUT2D eigenvalue weighted by molar-refractivity contribution is 6.09. The number of nitrogens with zero attached hydrogens (tertiary/aromatic N) is 3. The van der Waals surface area contributed by atoms with Gasteiger partial charge in [-0.1, -0.05) is 37.6 Å². The lowest BCUT2D eigenvalue weighted by Gasteiger charge is -2.15. The van der Waals surface area contributed by atoms with Gasteiger partial charge in [-0.15, -0.1) is 0 Å². The first-order chi connectivity index (χ1) is 13.4. The second kappa shape index (κ2) is 8.25. The van der Waals surface area contributed by atoms with Crippen LogP contribution in [0, 0.1) is 13.8 Å². The number of aromatic nitrogens is 2. The number of carbonyl (C=O) groups excluding carboxylic acids is 2. The smallest absolute Gasteiger partial charge is 0.289 e. The maximum Gasteiger partial charge on any atom is 0.289 e. The highest BCUT2D eigenvalue weighted by Gasteiger charge is 2.24. The van der Waals surface area contributed by atoms with Crippen LogP contribution in [0.1, 0.15) is 52.0 Å². The fraction of sp³-hybridized carbons (Fsp3) is 0.318. The Balaban J connectivity index is 1.98. The van der Waals surface area contributed by atoms with E-state index in [1.807, 2.05) is 44.2 Å². The molecule has 6 nitrogen and oxygen atoms in total. The zero-order valence-electron chi connectivity index (χ0n) is 16.8. The molecular weight excluding hydrogens is 352 g/mol. The largest absolute Gasteiger partial charge is 0.339 e. The summed E-state index contributed by atoms with van der Waals surface area (Å²) in [5.41, 5.74) is 3.59. The molecule has 6 heteroatoms. The van der Waals surface area contributed by atoms with Crippen molar-refractivity contribution >= 4 is 23.0 Å². The van der Waals surface area contributed by atoms with Crippen molar-refractivity contribution in [3.8, 4) is 0 Å². The summed E-state index contributed by atoms with van der Waals surface area (Å²) in [5, 5.41) is 2.96. The van der Waals surface area contributed by atoms with Crippen LogP contribution in [0.5, 0.6) is 0 Å². The van der Waals surface area contributed by atoms with E-state index in [1.165, 1.54) is 0 Å². The van der Waals surface area contributed by atoms with Crippen molar-refractivity contribution in [3.63, 3.8) is 0 Å². The van der Waals surface area contributed by atoms with E-state index in [0.29, 0.717) is 12.1 Å². The van der Waals surface area contributed by atoms with Gasteiger partial charge in [-0.25, -0.2) is 4.98 Å². The number of nitrogens with one attached hydrogen (secondary N) is 1. The van der Waals surface area contributed by atoms with Crippen LogP contribution in [0.4, 0.5) is 5.69 Å². The molecule has 0 atom stereocenters. The molecule has 0 aliphatic heterocycles. The fourth-order valence-electron chi connectivity index (χ4n) is 3.21. The highest BCUT2D eigenvalue weighted by Crippen LogP contribution is 2.22. The molecular formula is C22H26N4O2. The average Bonchev–Trinajstić information content (AvgIpc) is 3.08. The van der Waals surface area contributed by atoms with Crippen LogP contribution in [0.3, 0.4) is 0 Å². The van der Waals surface area contributed by atoms with Crippen molar-refractivity contribution in [1.82, 2.24) is 14.3 Å². The van der Waals surface area contributed by atoms with Crippen molar-refractivity contribution in [2.24, 2.45) is 0 Å². The maximum atomic E-state index is 13.0. The standard InChI is InChI=1S/C22H26N4O2/c1-5-6-13-25(4)22(28)20-23-19(17-12-7-8-14-26(17)20)21(27)24-18-15(2)10-9-11-16(18)3/h7-12,14H,5-6,13H2,1-4H3,(H,24,27). The summed E-state index contributed by atoms with van der Waals surface area (Å²) in [4.78, 5) is 32.0. The molecule has 1 N–H and O–H groups in total. The van der Waals surface area contributed by atoms with E-state index in [-0.39, 0.29) is 23.3 Å². The van der Waals surface area contributed by atoms with Crippen molar-refractivity contribution in [2.75, 3.05) is 18.9 Å². The Morgan fingerprint density at radius 2 is 1.82 bits per heavy atom. The van der Waals surface area contributed by atoms with Crippen molar-refractivity contribution in [2.45, 2.75) is 33.6 Å². The third-order valence-corrected chi connectivity index (χ3v) is 4.87. The van der Waals surface area contributed by atoms with E-state index in [0.717, 1.165) is 29.7 Å². The first kappa shape index (κ1) is 19.6. The van der Waals surface area contributed by atoms with Gasteiger partial charge in [0.15, 0.2) is 5.69 Å². The Morgan fingerprint density at radius 3 is 2.50 bits per heavy atom.